The van der Waals surface area contributed by atoms with E-state index in [-0.39, 0.29) is 24.0 Å². The molecule has 0 spiro atoms. The average Bonchev–Trinajstić information content (AvgIpc) is 2.87. The molecule has 0 unspecified atom stereocenters. The molecule has 5 N–H and O–H groups in total. The van der Waals surface area contributed by atoms with Gasteiger partial charge < -0.3 is 14.3 Å². The van der Waals surface area contributed by atoms with Crippen LogP contribution in [0.5, 0.6) is 11.5 Å². The number of nitrogens with zero attached hydrogens (tertiary/aromatic N) is 2. The minimum absolute atomic E-state index is 0.133. The third-order valence-corrected chi connectivity index (χ3v) is 7.40. The number of aliphatic imine (C=N–C) groups is 2. The molecule has 9 nitrogen and oxygen atoms in total. The molecule has 0 aromatic heterocycles. The minimum Gasteiger partial charge on any atom is -0.442 e. The highest BCUT2D eigenvalue weighted by molar-refractivity contribution is 6.13. The van der Waals surface area contributed by atoms with E-state index in [4.69, 9.17) is 40.9 Å². The van der Waals surface area contributed by atoms with Gasteiger partial charge in [0, 0.05) is 11.8 Å². The van der Waals surface area contributed by atoms with Crippen molar-refractivity contribution in [3.8, 4) is 11.5 Å². The fourth-order valence-electron chi connectivity index (χ4n) is 5.58. The van der Waals surface area contributed by atoms with Crippen molar-refractivity contribution in [1.82, 2.24) is 5.59 Å². The summed E-state index contributed by atoms with van der Waals surface area (Å²) in [5.74, 6) is 14.4. The summed E-state index contributed by atoms with van der Waals surface area (Å²) in [6.45, 7) is 0. The van der Waals surface area contributed by atoms with Gasteiger partial charge in [-0.3, -0.25) is 4.84 Å². The Morgan fingerprint density at radius 2 is 1.21 bits per heavy atom. The molecule has 2 aliphatic heterocycles. The molecule has 33 heavy (non-hydrogen) atoms. The van der Waals surface area contributed by atoms with E-state index in [1.54, 1.807) is 0 Å². The quantitative estimate of drug-likeness (QED) is 0.462. The Hall–Kier alpha value is -2.56. The molecular formula is C24H29N5O4. The average molecular weight is 452 g/mol. The maximum Gasteiger partial charge on any atom is 0.198 e. The Morgan fingerprint density at radius 3 is 1.67 bits per heavy atom. The molecule has 0 amide bonds. The molecule has 2 aliphatic carbocycles. The largest absolute Gasteiger partial charge is 0.442 e. The molecule has 2 saturated carbocycles. The molecule has 0 atom stereocenters. The highest BCUT2D eigenvalue weighted by Crippen LogP contribution is 2.49. The number of hydrogen-bond donors (Lipinski definition) is 3. The predicted molar refractivity (Wildman–Crippen MR) is 125 cm³/mol. The monoisotopic (exact) mass is 451 g/mol. The molecule has 0 radical (unpaired) electrons. The Morgan fingerprint density at radius 1 is 0.727 bits per heavy atom. The standard InChI is InChI=1S/C24H29N5O4/c25-29-33-16-7-3-14(4-8-16)24-28-18-10-11-19-21-17(9-12-20(31-24)22(18)21)27-23(30-19)13-1-5-15(32-26)6-2-13/h9-16,29H,1-8,25-26H2. The van der Waals surface area contributed by atoms with Crippen LogP contribution < -0.4 is 26.8 Å². The minimum atomic E-state index is 0.133. The summed E-state index contributed by atoms with van der Waals surface area (Å²) in [6, 6.07) is 8.09. The van der Waals surface area contributed by atoms with E-state index in [0.29, 0.717) is 0 Å². The zero-order chi connectivity index (χ0) is 22.4. The number of nitrogens with two attached hydrogens (primary N) is 2. The summed E-state index contributed by atoms with van der Waals surface area (Å²) >= 11 is 0. The SMILES string of the molecule is NNOC1CCC(C2=Nc3ccc4c5c(ccc(c35)O2)N=C(C2CCC(ON)CC2)O4)CC1. The van der Waals surface area contributed by atoms with E-state index in [9.17, 15) is 0 Å². The molecule has 6 rings (SSSR count). The molecular weight excluding hydrogens is 422 g/mol. The molecule has 2 heterocycles. The lowest BCUT2D eigenvalue weighted by Gasteiger charge is -2.31. The van der Waals surface area contributed by atoms with Gasteiger partial charge in [0.2, 0.25) is 0 Å². The van der Waals surface area contributed by atoms with Gasteiger partial charge in [-0.15, -0.1) is 5.59 Å². The number of nitrogens with one attached hydrogen (secondary N) is 1. The maximum absolute atomic E-state index is 6.32. The van der Waals surface area contributed by atoms with Crippen LogP contribution in [-0.4, -0.2) is 24.0 Å². The van der Waals surface area contributed by atoms with Gasteiger partial charge in [-0.25, -0.2) is 21.7 Å². The van der Waals surface area contributed by atoms with Gasteiger partial charge in [0.25, 0.3) is 0 Å². The number of ether oxygens (including phenoxy) is 2. The molecule has 0 saturated heterocycles. The topological polar surface area (TPSA) is 126 Å². The van der Waals surface area contributed by atoms with E-state index in [1.165, 1.54) is 0 Å². The Bertz CT molecular complexity index is 1120. The summed E-state index contributed by atoms with van der Waals surface area (Å²) in [6.07, 6.45) is 7.77. The third kappa shape index (κ3) is 3.79. The molecule has 4 aliphatic rings. The first-order valence-corrected chi connectivity index (χ1v) is 11.8. The Balaban J connectivity index is 1.28. The highest BCUT2D eigenvalue weighted by atomic mass is 16.7. The van der Waals surface area contributed by atoms with Crippen molar-refractivity contribution < 1.29 is 19.1 Å². The lowest BCUT2D eigenvalue weighted by Crippen LogP contribution is -2.34. The number of rotatable bonds is 5. The second-order valence-electron chi connectivity index (χ2n) is 9.34. The van der Waals surface area contributed by atoms with Crippen LogP contribution in [0.1, 0.15) is 51.4 Å². The van der Waals surface area contributed by atoms with Gasteiger partial charge in [0.15, 0.2) is 11.8 Å². The second-order valence-corrected chi connectivity index (χ2v) is 9.34. The van der Waals surface area contributed by atoms with E-state index in [2.05, 4.69) is 5.59 Å². The third-order valence-electron chi connectivity index (χ3n) is 7.40. The van der Waals surface area contributed by atoms with Crippen molar-refractivity contribution in [2.24, 2.45) is 33.6 Å². The van der Waals surface area contributed by atoms with Crippen LogP contribution in [0.4, 0.5) is 11.4 Å². The first kappa shape index (κ1) is 21.0. The van der Waals surface area contributed by atoms with Gasteiger partial charge in [0.05, 0.1) is 34.4 Å². The van der Waals surface area contributed by atoms with Crippen LogP contribution in [0.15, 0.2) is 34.3 Å². The van der Waals surface area contributed by atoms with Gasteiger partial charge >= 0.3 is 0 Å². The van der Waals surface area contributed by atoms with Gasteiger partial charge in [-0.05, 0) is 75.6 Å². The molecule has 174 valence electrons. The maximum atomic E-state index is 6.32. The lowest BCUT2D eigenvalue weighted by atomic mass is 9.86. The fourth-order valence-corrected chi connectivity index (χ4v) is 5.58. The number of hydrazine groups is 1. The van der Waals surface area contributed by atoms with E-state index in [0.717, 1.165) is 96.8 Å². The summed E-state index contributed by atoms with van der Waals surface area (Å²) in [7, 11) is 0. The molecule has 2 aromatic carbocycles. The number of benzene rings is 2. The zero-order valence-electron chi connectivity index (χ0n) is 18.5. The van der Waals surface area contributed by atoms with Crippen molar-refractivity contribution >= 4 is 33.9 Å². The summed E-state index contributed by atoms with van der Waals surface area (Å²) in [5.41, 5.74) is 4.14. The van der Waals surface area contributed by atoms with Gasteiger partial charge in [0.1, 0.15) is 11.5 Å². The summed E-state index contributed by atoms with van der Waals surface area (Å²) in [4.78, 5) is 20.2. The Kier molecular flexibility index (Phi) is 5.51. The van der Waals surface area contributed by atoms with Crippen molar-refractivity contribution in [2.75, 3.05) is 0 Å². The van der Waals surface area contributed by atoms with Crippen molar-refractivity contribution in [2.45, 2.75) is 63.6 Å². The van der Waals surface area contributed by atoms with E-state index >= 15 is 0 Å². The zero-order valence-corrected chi connectivity index (χ0v) is 18.5. The fraction of sp³-hybridized carbons (Fsp3) is 0.500. The van der Waals surface area contributed by atoms with Crippen LogP contribution in [0.25, 0.3) is 10.8 Å². The normalized spacial score (nSPS) is 28.5. The van der Waals surface area contributed by atoms with E-state index < -0.39 is 0 Å². The van der Waals surface area contributed by atoms with Crippen LogP contribution in [0.3, 0.4) is 0 Å². The predicted octanol–water partition coefficient (Wildman–Crippen LogP) is 4.09. The highest BCUT2D eigenvalue weighted by Gasteiger charge is 2.33. The summed E-state index contributed by atoms with van der Waals surface area (Å²) in [5, 5.41) is 1.95. The molecule has 0 bridgehead atoms. The van der Waals surface area contributed by atoms with Crippen molar-refractivity contribution in [3.05, 3.63) is 24.3 Å². The molecule has 2 fully saturated rings. The van der Waals surface area contributed by atoms with Crippen LogP contribution in [0, 0.1) is 11.8 Å². The Labute approximate surface area is 192 Å². The van der Waals surface area contributed by atoms with E-state index in [1.807, 2.05) is 24.3 Å². The van der Waals surface area contributed by atoms with Crippen LogP contribution in [0.2, 0.25) is 0 Å². The van der Waals surface area contributed by atoms with Crippen LogP contribution in [-0.2, 0) is 9.68 Å². The second kappa shape index (κ2) is 8.66. The molecule has 2 aromatic rings. The van der Waals surface area contributed by atoms with Gasteiger partial charge in [-0.2, -0.15) is 0 Å². The van der Waals surface area contributed by atoms with Crippen LogP contribution >= 0.6 is 0 Å². The summed E-state index contributed by atoms with van der Waals surface area (Å²) < 4.78 is 12.6. The smallest absolute Gasteiger partial charge is 0.198 e. The molecule has 9 heteroatoms. The first-order valence-electron chi connectivity index (χ1n) is 11.8. The number of hydrogen-bond acceptors (Lipinski definition) is 9. The van der Waals surface area contributed by atoms with Gasteiger partial charge in [-0.1, -0.05) is 0 Å². The van der Waals surface area contributed by atoms with Crippen molar-refractivity contribution in [3.63, 3.8) is 0 Å². The first-order chi connectivity index (χ1) is 16.2. The van der Waals surface area contributed by atoms with Crippen molar-refractivity contribution in [1.29, 1.82) is 0 Å². The lowest BCUT2D eigenvalue weighted by molar-refractivity contribution is -0.0458.